The lowest BCUT2D eigenvalue weighted by Crippen LogP contribution is -2.12. The van der Waals surface area contributed by atoms with Gasteiger partial charge in [-0.05, 0) is 48.7 Å². The van der Waals surface area contributed by atoms with E-state index >= 15 is 0 Å². The molecule has 0 saturated carbocycles. The standard InChI is InChI=1S/C24H26O6/c1-4-23(25)29-15-13-27-21-9-5-19(6-10-21)17-20-7-11-22(12-8-20)28-14-16-30-24(26)18(2)3/h4-12H,1-2,13-17H2,3H3. The van der Waals surface area contributed by atoms with Gasteiger partial charge in [0, 0.05) is 11.6 Å². The van der Waals surface area contributed by atoms with Gasteiger partial charge in [0.25, 0.3) is 0 Å². The third-order valence-electron chi connectivity index (χ3n) is 3.95. The smallest absolute Gasteiger partial charge is 0.333 e. The molecule has 6 nitrogen and oxygen atoms in total. The predicted octanol–water partition coefficient (Wildman–Crippen LogP) is 3.88. The number of benzene rings is 2. The van der Waals surface area contributed by atoms with E-state index in [-0.39, 0.29) is 26.4 Å². The molecule has 0 aliphatic heterocycles. The highest BCUT2D eigenvalue weighted by molar-refractivity contribution is 5.86. The first kappa shape index (κ1) is 22.7. The van der Waals surface area contributed by atoms with Crippen molar-refractivity contribution >= 4 is 11.9 Å². The first-order valence-electron chi connectivity index (χ1n) is 9.53. The molecule has 0 N–H and O–H groups in total. The van der Waals surface area contributed by atoms with Crippen molar-refractivity contribution in [2.75, 3.05) is 26.4 Å². The zero-order valence-electron chi connectivity index (χ0n) is 17.1. The Bertz CT molecular complexity index is 852. The second-order valence-corrected chi connectivity index (χ2v) is 6.45. The third kappa shape index (κ3) is 8.22. The quantitative estimate of drug-likeness (QED) is 0.300. The number of rotatable bonds is 12. The molecule has 0 fully saturated rings. The number of esters is 2. The van der Waals surface area contributed by atoms with Gasteiger partial charge in [0.1, 0.15) is 37.9 Å². The Morgan fingerprint density at radius 1 is 0.800 bits per heavy atom. The van der Waals surface area contributed by atoms with Crippen molar-refractivity contribution in [2.45, 2.75) is 13.3 Å². The lowest BCUT2D eigenvalue weighted by molar-refractivity contribution is -0.140. The van der Waals surface area contributed by atoms with Crippen LogP contribution < -0.4 is 9.47 Å². The molecule has 0 radical (unpaired) electrons. The minimum Gasteiger partial charge on any atom is -0.490 e. The van der Waals surface area contributed by atoms with Crippen LogP contribution in [0.2, 0.25) is 0 Å². The van der Waals surface area contributed by atoms with Gasteiger partial charge in [-0.2, -0.15) is 0 Å². The van der Waals surface area contributed by atoms with E-state index in [1.807, 2.05) is 48.5 Å². The van der Waals surface area contributed by atoms with Gasteiger partial charge in [0.05, 0.1) is 0 Å². The molecule has 2 aromatic rings. The number of hydrogen-bond donors (Lipinski definition) is 0. The predicted molar refractivity (Wildman–Crippen MR) is 114 cm³/mol. The molecule has 0 aliphatic rings. The van der Waals surface area contributed by atoms with E-state index in [1.54, 1.807) is 6.92 Å². The molecule has 0 aliphatic carbocycles. The summed E-state index contributed by atoms with van der Waals surface area (Å²) in [5, 5.41) is 0. The topological polar surface area (TPSA) is 71.1 Å². The monoisotopic (exact) mass is 410 g/mol. The van der Waals surface area contributed by atoms with Crippen LogP contribution in [0.1, 0.15) is 18.1 Å². The molecule has 0 amide bonds. The molecule has 0 unspecified atom stereocenters. The Balaban J connectivity index is 1.73. The molecule has 30 heavy (non-hydrogen) atoms. The normalized spacial score (nSPS) is 10.0. The summed E-state index contributed by atoms with van der Waals surface area (Å²) in [7, 11) is 0. The lowest BCUT2D eigenvalue weighted by Gasteiger charge is -2.09. The van der Waals surface area contributed by atoms with Gasteiger partial charge < -0.3 is 18.9 Å². The zero-order valence-corrected chi connectivity index (χ0v) is 17.1. The first-order valence-corrected chi connectivity index (χ1v) is 9.53. The highest BCUT2D eigenvalue weighted by Gasteiger charge is 2.03. The first-order chi connectivity index (χ1) is 14.5. The van der Waals surface area contributed by atoms with Crippen molar-refractivity contribution in [3.63, 3.8) is 0 Å². The summed E-state index contributed by atoms with van der Waals surface area (Å²) < 4.78 is 20.9. The fourth-order valence-corrected chi connectivity index (χ4v) is 2.42. The van der Waals surface area contributed by atoms with E-state index in [9.17, 15) is 9.59 Å². The van der Waals surface area contributed by atoms with Crippen LogP contribution in [0.5, 0.6) is 11.5 Å². The van der Waals surface area contributed by atoms with Gasteiger partial charge in [-0.3, -0.25) is 0 Å². The van der Waals surface area contributed by atoms with Crippen molar-refractivity contribution in [3.05, 3.63) is 84.5 Å². The lowest BCUT2D eigenvalue weighted by atomic mass is 10.0. The van der Waals surface area contributed by atoms with Gasteiger partial charge in [0.15, 0.2) is 0 Å². The minimum atomic E-state index is -0.462. The zero-order chi connectivity index (χ0) is 21.8. The van der Waals surface area contributed by atoms with Gasteiger partial charge in [-0.25, -0.2) is 9.59 Å². The molecule has 2 aromatic carbocycles. The van der Waals surface area contributed by atoms with Gasteiger partial charge in [-0.15, -0.1) is 0 Å². The summed E-state index contributed by atoms with van der Waals surface area (Å²) in [6.07, 6.45) is 1.89. The summed E-state index contributed by atoms with van der Waals surface area (Å²) in [5.74, 6) is 0.550. The van der Waals surface area contributed by atoms with Crippen LogP contribution in [-0.2, 0) is 25.5 Å². The SMILES string of the molecule is C=CC(=O)OCCOc1ccc(Cc2ccc(OCCOC(=O)C(=C)C)cc2)cc1. The van der Waals surface area contributed by atoms with Crippen molar-refractivity contribution in [1.29, 1.82) is 0 Å². The number of hydrogen-bond acceptors (Lipinski definition) is 6. The molecule has 0 bridgehead atoms. The fraction of sp³-hybridized carbons (Fsp3) is 0.250. The van der Waals surface area contributed by atoms with Gasteiger partial charge in [0.2, 0.25) is 0 Å². The molecular weight excluding hydrogens is 384 g/mol. The largest absolute Gasteiger partial charge is 0.490 e. The highest BCUT2D eigenvalue weighted by Crippen LogP contribution is 2.18. The second kappa shape index (κ2) is 12.1. The van der Waals surface area contributed by atoms with Crippen LogP contribution in [-0.4, -0.2) is 38.4 Å². The Morgan fingerprint density at radius 3 is 1.70 bits per heavy atom. The van der Waals surface area contributed by atoms with E-state index in [0.29, 0.717) is 17.1 Å². The number of carbonyl (C=O) groups excluding carboxylic acids is 2. The average molecular weight is 410 g/mol. The fourth-order valence-electron chi connectivity index (χ4n) is 2.42. The molecule has 0 heterocycles. The van der Waals surface area contributed by atoms with E-state index in [0.717, 1.165) is 23.6 Å². The average Bonchev–Trinajstić information content (AvgIpc) is 2.76. The summed E-state index contributed by atoms with van der Waals surface area (Å²) in [4.78, 5) is 22.2. The maximum Gasteiger partial charge on any atom is 0.333 e. The van der Waals surface area contributed by atoms with Crippen molar-refractivity contribution in [1.82, 2.24) is 0 Å². The van der Waals surface area contributed by atoms with Crippen LogP contribution in [0, 0.1) is 0 Å². The maximum absolute atomic E-state index is 11.3. The highest BCUT2D eigenvalue weighted by atomic mass is 16.6. The Kier molecular flexibility index (Phi) is 9.18. The molecule has 158 valence electrons. The molecule has 0 atom stereocenters. The molecule has 0 saturated heterocycles. The molecular formula is C24H26O6. The summed E-state index contributed by atoms with van der Waals surface area (Å²) >= 11 is 0. The van der Waals surface area contributed by atoms with Crippen molar-refractivity contribution in [3.8, 4) is 11.5 Å². The van der Waals surface area contributed by atoms with Crippen LogP contribution in [0.3, 0.4) is 0 Å². The van der Waals surface area contributed by atoms with E-state index in [2.05, 4.69) is 13.2 Å². The van der Waals surface area contributed by atoms with Crippen LogP contribution in [0.4, 0.5) is 0 Å². The van der Waals surface area contributed by atoms with E-state index < -0.39 is 11.9 Å². The second-order valence-electron chi connectivity index (χ2n) is 6.45. The van der Waals surface area contributed by atoms with Crippen molar-refractivity contribution in [2.24, 2.45) is 0 Å². The Morgan fingerprint density at radius 2 is 1.27 bits per heavy atom. The van der Waals surface area contributed by atoms with E-state index in [1.165, 1.54) is 0 Å². The van der Waals surface area contributed by atoms with Crippen molar-refractivity contribution < 1.29 is 28.5 Å². The van der Waals surface area contributed by atoms with Gasteiger partial charge >= 0.3 is 11.9 Å². The minimum absolute atomic E-state index is 0.178. The molecule has 6 heteroatoms. The summed E-state index contributed by atoms with van der Waals surface area (Å²) in [6.45, 7) is 9.39. The molecule has 2 rings (SSSR count). The Hall–Kier alpha value is -3.54. The third-order valence-corrected chi connectivity index (χ3v) is 3.95. The Labute approximate surface area is 176 Å². The summed E-state index contributed by atoms with van der Waals surface area (Å²) in [6, 6.07) is 15.5. The van der Waals surface area contributed by atoms with Crippen LogP contribution in [0.25, 0.3) is 0 Å². The number of ether oxygens (including phenoxy) is 4. The molecule has 0 aromatic heterocycles. The van der Waals surface area contributed by atoms with Crippen LogP contribution in [0.15, 0.2) is 73.3 Å². The molecule has 0 spiro atoms. The maximum atomic E-state index is 11.3. The number of carbonyl (C=O) groups is 2. The van der Waals surface area contributed by atoms with Crippen LogP contribution >= 0.6 is 0 Å². The van der Waals surface area contributed by atoms with Gasteiger partial charge in [-0.1, -0.05) is 37.4 Å². The summed E-state index contributed by atoms with van der Waals surface area (Å²) in [5.41, 5.74) is 2.65. The van der Waals surface area contributed by atoms with E-state index in [4.69, 9.17) is 18.9 Å².